The fourth-order valence-corrected chi connectivity index (χ4v) is 13.4. The molecule has 6 nitrogen and oxygen atoms in total. The predicted molar refractivity (Wildman–Crippen MR) is 327 cm³/mol. The maximum Gasteiger partial charge on any atom is 0.145 e. The van der Waals surface area contributed by atoms with E-state index in [1.807, 2.05) is 6.07 Å². The highest BCUT2D eigenvalue weighted by Crippen LogP contribution is 2.53. The van der Waals surface area contributed by atoms with E-state index in [1.165, 1.54) is 0 Å². The van der Waals surface area contributed by atoms with E-state index in [0.717, 1.165) is 154 Å². The van der Waals surface area contributed by atoms with Gasteiger partial charge < -0.3 is 22.7 Å². The zero-order valence-corrected chi connectivity index (χ0v) is 42.5. The van der Waals surface area contributed by atoms with Gasteiger partial charge in [0.1, 0.15) is 22.8 Å². The molecule has 6 heteroatoms. The number of para-hydroxylation sites is 7. The molecule has 0 aliphatic carbocycles. The van der Waals surface area contributed by atoms with Gasteiger partial charge in [-0.25, -0.2) is 0 Å². The molecular weight excluding hydrogens is 963 g/mol. The molecule has 0 aliphatic rings. The van der Waals surface area contributed by atoms with Gasteiger partial charge >= 0.3 is 0 Å². The molecule has 17 rings (SSSR count). The van der Waals surface area contributed by atoms with Crippen molar-refractivity contribution in [2.75, 3.05) is 0 Å². The summed E-state index contributed by atoms with van der Waals surface area (Å²) >= 11 is 0. The molecule has 0 N–H and O–H groups in total. The minimum atomic E-state index is 0.519. The lowest BCUT2D eigenvalue weighted by Gasteiger charge is -2.29. The minimum Gasteiger partial charge on any atom is -0.455 e. The summed E-state index contributed by atoms with van der Waals surface area (Å²) in [5, 5.41) is 23.7. The number of benzene rings is 12. The lowest BCUT2D eigenvalue weighted by atomic mass is 9.93. The van der Waals surface area contributed by atoms with E-state index in [0.29, 0.717) is 5.56 Å². The summed E-state index contributed by atoms with van der Waals surface area (Å²) in [6, 6.07) is 96.3. The molecule has 0 radical (unpaired) electrons. The van der Waals surface area contributed by atoms with Crippen molar-refractivity contribution in [1.29, 1.82) is 5.26 Å². The van der Waals surface area contributed by atoms with E-state index in [4.69, 9.17) is 4.42 Å². The monoisotopic (exact) mass is 1010 g/mol. The molecule has 79 heavy (non-hydrogen) atoms. The van der Waals surface area contributed by atoms with E-state index >= 15 is 0 Å². The molecule has 17 aromatic rings. The van der Waals surface area contributed by atoms with Gasteiger partial charge in [0.2, 0.25) is 0 Å². The fraction of sp³-hybridized carbons (Fsp3) is 0. The van der Waals surface area contributed by atoms with Crippen LogP contribution in [0.1, 0.15) is 5.56 Å². The fourth-order valence-electron chi connectivity index (χ4n) is 13.4. The second kappa shape index (κ2) is 16.6. The van der Waals surface area contributed by atoms with Crippen LogP contribution in [0, 0.1) is 11.3 Å². The van der Waals surface area contributed by atoms with Crippen molar-refractivity contribution in [2.45, 2.75) is 0 Å². The largest absolute Gasteiger partial charge is 0.455 e. The summed E-state index contributed by atoms with van der Waals surface area (Å²) in [5.41, 5.74) is 17.6. The Morgan fingerprint density at radius 1 is 0.278 bits per heavy atom. The zero-order valence-electron chi connectivity index (χ0n) is 42.5. The van der Waals surface area contributed by atoms with E-state index < -0.39 is 0 Å². The third kappa shape index (κ3) is 5.98. The Morgan fingerprint density at radius 2 is 0.646 bits per heavy atom. The Hall–Kier alpha value is -10.9. The summed E-state index contributed by atoms with van der Waals surface area (Å²) in [5.74, 6) is 0. The van der Waals surface area contributed by atoms with Crippen molar-refractivity contribution in [3.05, 3.63) is 266 Å². The number of hydrogen-bond acceptors (Lipinski definition) is 2. The molecule has 0 unspecified atom stereocenters. The van der Waals surface area contributed by atoms with Gasteiger partial charge in [0, 0.05) is 54.0 Å². The number of fused-ring (bicyclic) bond motifs is 16. The third-order valence-corrected chi connectivity index (χ3v) is 16.6. The molecule has 0 atom stereocenters. The zero-order chi connectivity index (χ0) is 51.9. The van der Waals surface area contributed by atoms with Crippen molar-refractivity contribution in [3.63, 3.8) is 0 Å². The van der Waals surface area contributed by atoms with Gasteiger partial charge in [-0.2, -0.15) is 5.26 Å². The first-order valence-electron chi connectivity index (χ1n) is 26.8. The van der Waals surface area contributed by atoms with Crippen LogP contribution in [0.3, 0.4) is 0 Å². The van der Waals surface area contributed by atoms with Crippen molar-refractivity contribution < 1.29 is 4.42 Å². The first kappa shape index (κ1) is 43.4. The summed E-state index contributed by atoms with van der Waals surface area (Å²) in [6.45, 7) is 0. The Bertz CT molecular complexity index is 5290. The average Bonchev–Trinajstić information content (AvgIpc) is 4.51. The van der Waals surface area contributed by atoms with Crippen molar-refractivity contribution in [1.82, 2.24) is 18.3 Å². The van der Waals surface area contributed by atoms with Gasteiger partial charge in [0.15, 0.2) is 0 Å². The quantitative estimate of drug-likeness (QED) is 0.167. The van der Waals surface area contributed by atoms with Crippen LogP contribution in [-0.2, 0) is 0 Å². The second-order valence-electron chi connectivity index (χ2n) is 20.6. The summed E-state index contributed by atoms with van der Waals surface area (Å²) < 4.78 is 16.8. The Balaban J connectivity index is 1.20. The second-order valence-corrected chi connectivity index (χ2v) is 20.6. The summed E-state index contributed by atoms with van der Waals surface area (Å²) in [4.78, 5) is 0. The molecule has 5 aromatic heterocycles. The number of hydrogen-bond donors (Lipinski definition) is 0. The molecule has 0 spiro atoms. The van der Waals surface area contributed by atoms with Gasteiger partial charge in [-0.05, 0) is 83.4 Å². The summed E-state index contributed by atoms with van der Waals surface area (Å²) in [7, 11) is 0. The Morgan fingerprint density at radius 3 is 1.11 bits per heavy atom. The molecule has 5 heterocycles. The minimum absolute atomic E-state index is 0.519. The molecule has 0 aliphatic heterocycles. The molecular formula is C73H43N5O. The van der Waals surface area contributed by atoms with Crippen LogP contribution in [0.25, 0.3) is 154 Å². The topological polar surface area (TPSA) is 56.6 Å². The average molecular weight is 1010 g/mol. The highest BCUT2D eigenvalue weighted by Gasteiger charge is 2.35. The smallest absolute Gasteiger partial charge is 0.145 e. The first-order valence-corrected chi connectivity index (χ1v) is 26.8. The van der Waals surface area contributed by atoms with Gasteiger partial charge in [0.05, 0.1) is 72.3 Å². The van der Waals surface area contributed by atoms with Crippen LogP contribution in [0.15, 0.2) is 265 Å². The number of nitriles is 1. The summed E-state index contributed by atoms with van der Waals surface area (Å²) in [6.07, 6.45) is 0. The normalized spacial score (nSPS) is 12.0. The number of rotatable bonds is 6. The van der Waals surface area contributed by atoms with Crippen molar-refractivity contribution in [3.8, 4) is 51.1 Å². The maximum atomic E-state index is 12.9. The lowest BCUT2D eigenvalue weighted by molar-refractivity contribution is 0.673. The Labute approximate surface area is 452 Å². The van der Waals surface area contributed by atoms with Gasteiger partial charge in [-0.3, -0.25) is 0 Å². The number of furan rings is 1. The maximum absolute atomic E-state index is 12.9. The van der Waals surface area contributed by atoms with Crippen LogP contribution >= 0.6 is 0 Å². The molecule has 0 amide bonds. The van der Waals surface area contributed by atoms with E-state index in [-0.39, 0.29) is 0 Å². The highest BCUT2D eigenvalue weighted by atomic mass is 16.3. The predicted octanol–water partition coefficient (Wildman–Crippen LogP) is 19.2. The lowest BCUT2D eigenvalue weighted by Crippen LogP contribution is -2.16. The van der Waals surface area contributed by atoms with Crippen LogP contribution < -0.4 is 0 Å². The van der Waals surface area contributed by atoms with Crippen molar-refractivity contribution >= 4 is 109 Å². The van der Waals surface area contributed by atoms with Crippen molar-refractivity contribution in [2.24, 2.45) is 0 Å². The van der Waals surface area contributed by atoms with Crippen LogP contribution in [-0.4, -0.2) is 18.3 Å². The highest BCUT2D eigenvalue weighted by molar-refractivity contribution is 6.25. The number of aromatic nitrogens is 4. The van der Waals surface area contributed by atoms with Gasteiger partial charge in [-0.15, -0.1) is 0 Å². The number of nitrogens with zero attached hydrogens (tertiary/aromatic N) is 5. The third-order valence-electron chi connectivity index (χ3n) is 16.6. The Kier molecular flexibility index (Phi) is 9.10. The van der Waals surface area contributed by atoms with Gasteiger partial charge in [-0.1, -0.05) is 194 Å². The van der Waals surface area contributed by atoms with E-state index in [9.17, 15) is 5.26 Å². The molecule has 0 saturated carbocycles. The van der Waals surface area contributed by atoms with Crippen LogP contribution in [0.4, 0.5) is 0 Å². The van der Waals surface area contributed by atoms with Gasteiger partial charge in [0.25, 0.3) is 0 Å². The first-order chi connectivity index (χ1) is 39.2. The van der Waals surface area contributed by atoms with Crippen LogP contribution in [0.2, 0.25) is 0 Å². The molecule has 0 bridgehead atoms. The molecule has 12 aromatic carbocycles. The standard InChI is InChI=1S/C73H43N5O/c74-44-57-69(75-58-32-14-7-25-48(58)49-26-8-15-33-59(49)75)71(77-62-36-18-11-29-52(62)53-30-12-19-37-63(53)77)67(46-23-5-2-6-24-46)72(70(57)76-60-34-16-9-27-50(60)51-28-10-17-35-61(51)76)78-64-41-39-47(45-21-3-1-4-22-45)43-56(64)68-65(78)42-40-55-54-31-13-20-38-66(54)79-73(55)68/h1-43H. The van der Waals surface area contributed by atoms with Crippen LogP contribution in [0.5, 0.6) is 0 Å². The van der Waals surface area contributed by atoms with E-state index in [1.54, 1.807) is 0 Å². The SMILES string of the molecule is N#Cc1c(-n2c3ccccc3c3ccccc32)c(-n2c3ccccc3c3ccccc32)c(-c2ccccc2)c(-n2c3ccc(-c4ccccc4)cc3c3c4oc5ccccc5c4ccc32)c1-n1c2ccccc2c2ccccc21. The molecule has 366 valence electrons. The van der Waals surface area contributed by atoms with E-state index in [2.05, 4.69) is 279 Å². The molecule has 0 saturated heterocycles. The molecule has 0 fully saturated rings.